The number of aromatic nitrogens is 1. The number of allylic oxidation sites excluding steroid dienone is 1. The summed E-state index contributed by atoms with van der Waals surface area (Å²) in [5.41, 5.74) is 2.34. The number of carbonyl (C=O) groups is 1. The van der Waals surface area contributed by atoms with Crippen molar-refractivity contribution in [2.24, 2.45) is 4.99 Å². The molecule has 2 aromatic carbocycles. The lowest BCUT2D eigenvalue weighted by Crippen LogP contribution is -2.40. The molecule has 0 fully saturated rings. The summed E-state index contributed by atoms with van der Waals surface area (Å²) < 4.78 is 7.74. The van der Waals surface area contributed by atoms with Crippen LogP contribution >= 0.6 is 11.3 Å². The highest BCUT2D eigenvalue weighted by atomic mass is 32.1. The summed E-state index contributed by atoms with van der Waals surface area (Å²) in [6.45, 7) is 3.66. The van der Waals surface area contributed by atoms with Crippen LogP contribution in [0.1, 0.15) is 30.0 Å². The fourth-order valence-corrected chi connectivity index (χ4v) is 4.97. The Morgan fingerprint density at radius 2 is 1.73 bits per heavy atom. The van der Waals surface area contributed by atoms with Crippen molar-refractivity contribution in [3.8, 4) is 0 Å². The van der Waals surface area contributed by atoms with Crippen molar-refractivity contribution in [2.45, 2.75) is 19.9 Å². The number of nitrogens with one attached hydrogen (secondary N) is 1. The van der Waals surface area contributed by atoms with Crippen molar-refractivity contribution >= 4 is 29.0 Å². The SMILES string of the molecule is CC1=C(C(=O)Nc2ccccc2)[C@@H](c2ccccc2)n2c(s/c(=C\c3ccc(C)o3)c2=O)=N1. The van der Waals surface area contributed by atoms with Crippen LogP contribution in [0.25, 0.3) is 6.08 Å². The van der Waals surface area contributed by atoms with Gasteiger partial charge in [-0.2, -0.15) is 0 Å². The molecule has 1 aliphatic heterocycles. The molecule has 4 aromatic rings. The monoisotopic (exact) mass is 455 g/mol. The molecule has 2 aromatic heterocycles. The highest BCUT2D eigenvalue weighted by Crippen LogP contribution is 2.30. The van der Waals surface area contributed by atoms with Gasteiger partial charge in [0.05, 0.1) is 21.8 Å². The van der Waals surface area contributed by atoms with Gasteiger partial charge >= 0.3 is 0 Å². The van der Waals surface area contributed by atoms with E-state index in [1.165, 1.54) is 11.3 Å². The van der Waals surface area contributed by atoms with Crippen LogP contribution in [0.4, 0.5) is 5.69 Å². The predicted molar refractivity (Wildman–Crippen MR) is 129 cm³/mol. The number of benzene rings is 2. The summed E-state index contributed by atoms with van der Waals surface area (Å²) in [7, 11) is 0. The Labute approximate surface area is 193 Å². The number of nitrogens with zero attached hydrogens (tertiary/aromatic N) is 2. The lowest BCUT2D eigenvalue weighted by atomic mass is 9.95. The van der Waals surface area contributed by atoms with Crippen molar-refractivity contribution in [1.29, 1.82) is 0 Å². The third kappa shape index (κ3) is 3.99. The minimum Gasteiger partial charge on any atom is -0.462 e. The maximum absolute atomic E-state index is 13.5. The fourth-order valence-electron chi connectivity index (χ4n) is 3.94. The largest absolute Gasteiger partial charge is 0.462 e. The van der Waals surface area contributed by atoms with Crippen molar-refractivity contribution in [3.05, 3.63) is 121 Å². The van der Waals surface area contributed by atoms with Gasteiger partial charge in [0.2, 0.25) is 0 Å². The van der Waals surface area contributed by atoms with E-state index in [1.807, 2.05) is 86.6 Å². The molecule has 1 aliphatic rings. The van der Waals surface area contributed by atoms with Crippen LogP contribution in [0.3, 0.4) is 0 Å². The van der Waals surface area contributed by atoms with Crippen molar-refractivity contribution in [1.82, 2.24) is 4.57 Å². The molecule has 33 heavy (non-hydrogen) atoms. The van der Waals surface area contributed by atoms with E-state index in [-0.39, 0.29) is 11.5 Å². The molecule has 7 heteroatoms. The molecule has 1 amide bonds. The molecule has 0 saturated carbocycles. The van der Waals surface area contributed by atoms with E-state index in [4.69, 9.17) is 4.42 Å². The fraction of sp³-hybridized carbons (Fsp3) is 0.115. The highest BCUT2D eigenvalue weighted by molar-refractivity contribution is 7.07. The van der Waals surface area contributed by atoms with Gasteiger partial charge in [-0.15, -0.1) is 0 Å². The van der Waals surface area contributed by atoms with Gasteiger partial charge < -0.3 is 9.73 Å². The maximum atomic E-state index is 13.5. The number of aryl methyl sites for hydroxylation is 1. The van der Waals surface area contributed by atoms with Crippen LogP contribution < -0.4 is 20.2 Å². The number of furan rings is 1. The summed E-state index contributed by atoms with van der Waals surface area (Å²) in [4.78, 5) is 32.1. The van der Waals surface area contributed by atoms with Crippen LogP contribution in [0.5, 0.6) is 0 Å². The average molecular weight is 456 g/mol. The molecule has 5 rings (SSSR count). The van der Waals surface area contributed by atoms with Crippen LogP contribution in [0.2, 0.25) is 0 Å². The van der Waals surface area contributed by atoms with E-state index >= 15 is 0 Å². The molecular weight excluding hydrogens is 434 g/mol. The topological polar surface area (TPSA) is 76.6 Å². The Bertz CT molecular complexity index is 1540. The summed E-state index contributed by atoms with van der Waals surface area (Å²) >= 11 is 1.29. The van der Waals surface area contributed by atoms with E-state index < -0.39 is 6.04 Å². The standard InChI is InChI=1S/C26H21N3O3S/c1-16-13-14-20(32-16)15-21-25(31)29-23(18-9-5-3-6-10-18)22(17(2)27-26(29)33-21)24(30)28-19-11-7-4-8-12-19/h3-15,23H,1-2H3,(H,28,30)/b21-15-/t23-/m1/s1. The Hall–Kier alpha value is -3.97. The van der Waals surface area contributed by atoms with Gasteiger partial charge in [0.25, 0.3) is 11.5 Å². The molecule has 1 atom stereocenters. The number of amides is 1. The minimum absolute atomic E-state index is 0.209. The van der Waals surface area contributed by atoms with Crippen molar-refractivity contribution < 1.29 is 9.21 Å². The zero-order valence-corrected chi connectivity index (χ0v) is 18.9. The molecule has 0 radical (unpaired) electrons. The number of rotatable bonds is 4. The first-order valence-corrected chi connectivity index (χ1v) is 11.3. The van der Waals surface area contributed by atoms with Gasteiger partial charge in [0, 0.05) is 11.8 Å². The predicted octanol–water partition coefficient (Wildman–Crippen LogP) is 3.78. The minimum atomic E-state index is -0.591. The van der Waals surface area contributed by atoms with Gasteiger partial charge in [0.15, 0.2) is 4.80 Å². The summed E-state index contributed by atoms with van der Waals surface area (Å²) in [6, 6.07) is 21.9. The number of carbonyl (C=O) groups excluding carboxylic acids is 1. The van der Waals surface area contributed by atoms with E-state index in [0.717, 1.165) is 11.3 Å². The zero-order valence-electron chi connectivity index (χ0n) is 18.1. The second-order valence-corrected chi connectivity index (χ2v) is 8.77. The zero-order chi connectivity index (χ0) is 22.9. The maximum Gasteiger partial charge on any atom is 0.271 e. The smallest absolute Gasteiger partial charge is 0.271 e. The molecule has 0 aliphatic carbocycles. The van der Waals surface area contributed by atoms with Crippen molar-refractivity contribution in [3.63, 3.8) is 0 Å². The average Bonchev–Trinajstić information content (AvgIpc) is 3.36. The molecule has 0 saturated heterocycles. The lowest BCUT2D eigenvalue weighted by molar-refractivity contribution is -0.113. The van der Waals surface area contributed by atoms with Crippen molar-refractivity contribution in [2.75, 3.05) is 5.32 Å². The number of para-hydroxylation sites is 1. The summed E-state index contributed by atoms with van der Waals surface area (Å²) in [5.74, 6) is 1.09. The van der Waals surface area contributed by atoms with Crippen LogP contribution in [0.15, 0.2) is 98.3 Å². The summed E-state index contributed by atoms with van der Waals surface area (Å²) in [5, 5.41) is 2.95. The van der Waals surface area contributed by atoms with Gasteiger partial charge in [0.1, 0.15) is 11.5 Å². The summed E-state index contributed by atoms with van der Waals surface area (Å²) in [6.07, 6.45) is 1.72. The van der Waals surface area contributed by atoms with E-state index in [0.29, 0.717) is 32.1 Å². The normalized spacial score (nSPS) is 15.8. The number of hydrogen-bond acceptors (Lipinski definition) is 5. The van der Waals surface area contributed by atoms with Gasteiger partial charge in [-0.05, 0) is 43.7 Å². The molecular formula is C26H21N3O3S. The Morgan fingerprint density at radius 1 is 1.03 bits per heavy atom. The van der Waals surface area contributed by atoms with Crippen LogP contribution in [0, 0.1) is 6.92 Å². The molecule has 0 unspecified atom stereocenters. The first kappa shape index (κ1) is 20.9. The lowest BCUT2D eigenvalue weighted by Gasteiger charge is -2.25. The molecule has 1 N–H and O–H groups in total. The third-order valence-corrected chi connectivity index (χ3v) is 6.43. The van der Waals surface area contributed by atoms with E-state index in [1.54, 1.807) is 10.6 Å². The molecule has 164 valence electrons. The quantitative estimate of drug-likeness (QED) is 0.509. The van der Waals surface area contributed by atoms with Crippen LogP contribution in [-0.4, -0.2) is 10.5 Å². The first-order valence-electron chi connectivity index (χ1n) is 10.5. The molecule has 0 bridgehead atoms. The number of hydrogen-bond donors (Lipinski definition) is 1. The van der Waals surface area contributed by atoms with Gasteiger partial charge in [-0.1, -0.05) is 59.9 Å². The first-order chi connectivity index (χ1) is 16.0. The van der Waals surface area contributed by atoms with Crippen LogP contribution in [-0.2, 0) is 4.79 Å². The number of thiazole rings is 1. The number of fused-ring (bicyclic) bond motifs is 1. The Kier molecular flexibility index (Phi) is 5.40. The third-order valence-electron chi connectivity index (χ3n) is 5.45. The second-order valence-electron chi connectivity index (χ2n) is 7.76. The van der Waals surface area contributed by atoms with E-state index in [9.17, 15) is 9.59 Å². The van der Waals surface area contributed by atoms with E-state index in [2.05, 4.69) is 10.3 Å². The Morgan fingerprint density at radius 3 is 2.39 bits per heavy atom. The second kappa shape index (κ2) is 8.52. The van der Waals surface area contributed by atoms with Gasteiger partial charge in [-0.3, -0.25) is 14.2 Å². The molecule has 6 nitrogen and oxygen atoms in total. The number of anilines is 1. The van der Waals surface area contributed by atoms with Gasteiger partial charge in [-0.25, -0.2) is 4.99 Å². The molecule has 0 spiro atoms. The Balaban J connectivity index is 1.67. The molecule has 3 heterocycles. The highest BCUT2D eigenvalue weighted by Gasteiger charge is 2.32.